The zero-order valence-electron chi connectivity index (χ0n) is 21.1. The molecule has 0 bridgehead atoms. The normalized spacial score (nSPS) is 14.3. The molecular weight excluding hydrogens is 446 g/mol. The summed E-state index contributed by atoms with van der Waals surface area (Å²) in [7, 11) is 0. The van der Waals surface area contributed by atoms with Crippen LogP contribution >= 0.6 is 0 Å². The fourth-order valence-corrected chi connectivity index (χ4v) is 5.65. The van der Waals surface area contributed by atoms with Gasteiger partial charge in [0.15, 0.2) is 0 Å². The van der Waals surface area contributed by atoms with Crippen molar-refractivity contribution in [2.75, 3.05) is 13.1 Å². The number of nitrogens with two attached hydrogens (primary N) is 1. The van der Waals surface area contributed by atoms with Crippen LogP contribution in [0.5, 0.6) is 0 Å². The van der Waals surface area contributed by atoms with E-state index in [4.69, 9.17) is 15.1 Å². The molecule has 1 saturated heterocycles. The van der Waals surface area contributed by atoms with E-state index in [1.165, 1.54) is 22.3 Å². The number of rotatable bonds is 7. The van der Waals surface area contributed by atoms with Crippen LogP contribution in [0, 0.1) is 0 Å². The molecule has 1 aliphatic heterocycles. The summed E-state index contributed by atoms with van der Waals surface area (Å²) in [4.78, 5) is 19.5. The van der Waals surface area contributed by atoms with Gasteiger partial charge in [0.2, 0.25) is 5.91 Å². The van der Waals surface area contributed by atoms with Crippen LogP contribution in [0.3, 0.4) is 0 Å². The summed E-state index contributed by atoms with van der Waals surface area (Å²) < 4.78 is 5.58. The predicted molar refractivity (Wildman–Crippen MR) is 145 cm³/mol. The van der Waals surface area contributed by atoms with E-state index in [-0.39, 0.29) is 5.91 Å². The second kappa shape index (κ2) is 10.5. The molecule has 5 heteroatoms. The molecule has 0 saturated carbocycles. The van der Waals surface area contributed by atoms with Crippen molar-refractivity contribution >= 4 is 22.4 Å². The van der Waals surface area contributed by atoms with Crippen LogP contribution in [0.4, 0.5) is 0 Å². The van der Waals surface area contributed by atoms with E-state index in [1.54, 1.807) is 6.26 Å². The molecule has 1 amide bonds. The third-order valence-corrected chi connectivity index (χ3v) is 7.35. The Hall–Kier alpha value is -3.70. The van der Waals surface area contributed by atoms with E-state index in [0.717, 1.165) is 73.1 Å². The molecule has 0 spiro atoms. The Morgan fingerprint density at radius 1 is 0.917 bits per heavy atom. The first-order chi connectivity index (χ1) is 17.6. The Bertz CT molecular complexity index is 1400. The van der Waals surface area contributed by atoms with E-state index < -0.39 is 0 Å². The minimum Gasteiger partial charge on any atom is -0.468 e. The molecule has 2 N–H and O–H groups in total. The Kier molecular flexibility index (Phi) is 7.01. The summed E-state index contributed by atoms with van der Waals surface area (Å²) in [6, 6.07) is 18.6. The van der Waals surface area contributed by atoms with Crippen LogP contribution in [-0.4, -0.2) is 28.9 Å². The number of aromatic nitrogens is 1. The highest BCUT2D eigenvalue weighted by Crippen LogP contribution is 2.38. The second-order valence-corrected chi connectivity index (χ2v) is 9.40. The number of pyridine rings is 1. The molecular formula is C31H33N3O2. The number of carbonyl (C=O) groups excluding carboxylic acids is 1. The van der Waals surface area contributed by atoms with E-state index in [9.17, 15) is 4.79 Å². The molecule has 0 radical (unpaired) electrons. The van der Waals surface area contributed by atoms with E-state index >= 15 is 0 Å². The van der Waals surface area contributed by atoms with Gasteiger partial charge in [-0.15, -0.1) is 0 Å². The van der Waals surface area contributed by atoms with Gasteiger partial charge in [-0.1, -0.05) is 49.8 Å². The largest absolute Gasteiger partial charge is 0.468 e. The lowest BCUT2D eigenvalue weighted by molar-refractivity contribution is 0.0999. The summed E-state index contributed by atoms with van der Waals surface area (Å²) in [6.07, 6.45) is 7.16. The van der Waals surface area contributed by atoms with Crippen LogP contribution in [0.2, 0.25) is 0 Å². The number of fused-ring (bicyclic) bond motifs is 1. The number of para-hydroxylation sites is 1. The molecule has 184 valence electrons. The van der Waals surface area contributed by atoms with Crippen LogP contribution in [0.25, 0.3) is 16.5 Å². The molecule has 0 atom stereocenters. The number of piperidine rings is 1. The smallest absolute Gasteiger partial charge is 0.248 e. The average molecular weight is 480 g/mol. The third kappa shape index (κ3) is 4.59. The topological polar surface area (TPSA) is 72.4 Å². The van der Waals surface area contributed by atoms with Crippen molar-refractivity contribution in [1.82, 2.24) is 9.88 Å². The predicted octanol–water partition coefficient (Wildman–Crippen LogP) is 6.15. The van der Waals surface area contributed by atoms with Crippen molar-refractivity contribution in [2.45, 2.75) is 46.1 Å². The number of likely N-dealkylation sites (tertiary alicyclic amines) is 1. The van der Waals surface area contributed by atoms with Crippen LogP contribution in [0.15, 0.2) is 77.0 Å². The average Bonchev–Trinajstić information content (AvgIpc) is 3.42. The molecule has 0 aliphatic carbocycles. The Morgan fingerprint density at radius 2 is 1.64 bits per heavy atom. The summed E-state index contributed by atoms with van der Waals surface area (Å²) in [5.74, 6) is 0.643. The highest BCUT2D eigenvalue weighted by molar-refractivity contribution is 5.99. The van der Waals surface area contributed by atoms with Crippen LogP contribution in [0.1, 0.15) is 65.1 Å². The summed E-state index contributed by atoms with van der Waals surface area (Å²) >= 11 is 0. The molecule has 1 fully saturated rings. The van der Waals surface area contributed by atoms with E-state index in [2.05, 4.69) is 49.1 Å². The Labute approximate surface area is 212 Å². The fourth-order valence-electron chi connectivity index (χ4n) is 5.65. The molecule has 3 heterocycles. The number of benzene rings is 2. The lowest BCUT2D eigenvalue weighted by Crippen LogP contribution is -2.30. The standard InChI is InChI=1S/C31H33N3O2/c1-3-24-25(4-2)27(31(32)35)13-12-26(24)29(28-11-5-8-22-9-6-16-33-30(22)28)21-14-17-34(18-15-21)20-23-10-7-19-36-23/h5-13,16,19H,3-4,14-15,17-18,20H2,1-2H3,(H2,32,35). The number of hydrogen-bond donors (Lipinski definition) is 1. The monoisotopic (exact) mass is 479 g/mol. The van der Waals surface area contributed by atoms with Gasteiger partial charge in [0.1, 0.15) is 5.76 Å². The lowest BCUT2D eigenvalue weighted by atomic mass is 9.82. The van der Waals surface area contributed by atoms with Crippen molar-refractivity contribution in [3.05, 3.63) is 106 Å². The van der Waals surface area contributed by atoms with Crippen molar-refractivity contribution < 1.29 is 9.21 Å². The van der Waals surface area contributed by atoms with Crippen molar-refractivity contribution in [3.8, 4) is 0 Å². The van der Waals surface area contributed by atoms with Gasteiger partial charge in [0.25, 0.3) is 0 Å². The molecule has 5 nitrogen and oxygen atoms in total. The maximum Gasteiger partial charge on any atom is 0.248 e. The molecule has 2 aromatic carbocycles. The summed E-state index contributed by atoms with van der Waals surface area (Å²) in [5.41, 5.74) is 14.7. The van der Waals surface area contributed by atoms with Gasteiger partial charge in [-0.2, -0.15) is 0 Å². The van der Waals surface area contributed by atoms with Crippen LogP contribution < -0.4 is 5.73 Å². The lowest BCUT2D eigenvalue weighted by Gasteiger charge is -2.30. The second-order valence-electron chi connectivity index (χ2n) is 9.40. The number of amides is 1. The van der Waals surface area contributed by atoms with Gasteiger partial charge in [0, 0.05) is 35.8 Å². The molecule has 2 aromatic heterocycles. The Morgan fingerprint density at radius 3 is 2.33 bits per heavy atom. The first-order valence-corrected chi connectivity index (χ1v) is 12.9. The van der Waals surface area contributed by atoms with Gasteiger partial charge in [0.05, 0.1) is 18.3 Å². The molecule has 4 aromatic rings. The van der Waals surface area contributed by atoms with Gasteiger partial charge < -0.3 is 10.2 Å². The number of hydrogen-bond acceptors (Lipinski definition) is 4. The first kappa shape index (κ1) is 24.0. The fraction of sp³-hybridized carbons (Fsp3) is 0.290. The highest BCUT2D eigenvalue weighted by Gasteiger charge is 2.24. The van der Waals surface area contributed by atoms with Gasteiger partial charge >= 0.3 is 0 Å². The minimum absolute atomic E-state index is 0.361. The molecule has 1 aliphatic rings. The van der Waals surface area contributed by atoms with Crippen molar-refractivity contribution in [2.24, 2.45) is 5.73 Å². The number of carbonyl (C=O) groups is 1. The van der Waals surface area contributed by atoms with Gasteiger partial charge in [-0.3, -0.25) is 14.7 Å². The number of primary amides is 1. The van der Waals surface area contributed by atoms with Gasteiger partial charge in [-0.25, -0.2) is 0 Å². The first-order valence-electron chi connectivity index (χ1n) is 12.9. The number of furan rings is 1. The van der Waals surface area contributed by atoms with Crippen LogP contribution in [-0.2, 0) is 19.4 Å². The Balaban J connectivity index is 1.66. The van der Waals surface area contributed by atoms with E-state index in [1.807, 2.05) is 30.5 Å². The third-order valence-electron chi connectivity index (χ3n) is 7.35. The van der Waals surface area contributed by atoms with Crippen molar-refractivity contribution in [3.63, 3.8) is 0 Å². The molecule has 0 unspecified atom stereocenters. The highest BCUT2D eigenvalue weighted by atomic mass is 16.3. The molecule has 5 rings (SSSR count). The quantitative estimate of drug-likeness (QED) is 0.345. The SMILES string of the molecule is CCc1c(C(N)=O)ccc(C(=C2CCN(Cc3ccco3)CC2)c2cccc3cccnc23)c1CC. The maximum atomic E-state index is 12.2. The summed E-state index contributed by atoms with van der Waals surface area (Å²) in [5, 5.41) is 1.13. The maximum absolute atomic E-state index is 12.2. The molecule has 36 heavy (non-hydrogen) atoms. The number of nitrogens with zero attached hydrogens (tertiary/aromatic N) is 2. The zero-order chi connectivity index (χ0) is 25.1. The summed E-state index contributed by atoms with van der Waals surface area (Å²) in [6.45, 7) is 7.04. The van der Waals surface area contributed by atoms with Crippen molar-refractivity contribution in [1.29, 1.82) is 0 Å². The van der Waals surface area contributed by atoms with E-state index in [0.29, 0.717) is 5.56 Å². The minimum atomic E-state index is -0.361. The van der Waals surface area contributed by atoms with Gasteiger partial charge in [-0.05, 0) is 72.2 Å². The zero-order valence-corrected chi connectivity index (χ0v) is 21.1.